The zero-order valence-electron chi connectivity index (χ0n) is 10.3. The lowest BCUT2D eigenvalue weighted by Gasteiger charge is -2.21. The second-order valence-corrected chi connectivity index (χ2v) is 4.72. The maximum Gasteiger partial charge on any atom is 0.328 e. The Bertz CT molecular complexity index is 564. The number of carboxylic acid groups (broad SMARTS) is 1. The molecule has 3 N–H and O–H groups in total. The average Bonchev–Trinajstić information content (AvgIpc) is 2.31. The summed E-state index contributed by atoms with van der Waals surface area (Å²) in [6.45, 7) is 2.70. The molecule has 0 spiro atoms. The molecule has 0 aliphatic rings. The molecule has 19 heavy (non-hydrogen) atoms. The molecule has 0 radical (unpaired) electrons. The van der Waals surface area contributed by atoms with Crippen LogP contribution in [-0.2, 0) is 4.79 Å². The minimum absolute atomic E-state index is 0.236. The molecule has 1 rings (SSSR count). The topological polar surface area (TPSA) is 102 Å². The molecule has 0 saturated heterocycles. The highest BCUT2D eigenvalue weighted by atomic mass is 35.5. The molecule has 0 atom stereocenters. The van der Waals surface area contributed by atoms with Crippen LogP contribution in [0.2, 0.25) is 5.02 Å². The van der Waals surface area contributed by atoms with Crippen molar-refractivity contribution < 1.29 is 14.7 Å². The Morgan fingerprint density at radius 2 is 2.05 bits per heavy atom. The highest BCUT2D eigenvalue weighted by Crippen LogP contribution is 2.22. The summed E-state index contributed by atoms with van der Waals surface area (Å²) in [4.78, 5) is 22.5. The molecule has 0 fully saturated rings. The second-order valence-electron chi connectivity index (χ2n) is 4.32. The lowest BCUT2D eigenvalue weighted by Crippen LogP contribution is -2.51. The fraction of sp³-hybridized carbons (Fsp3) is 0.250. The van der Waals surface area contributed by atoms with Gasteiger partial charge in [0.1, 0.15) is 5.54 Å². The average molecular weight is 282 g/mol. The van der Waals surface area contributed by atoms with Crippen molar-refractivity contribution in [2.75, 3.05) is 5.32 Å². The molecule has 2 amide bonds. The fourth-order valence-electron chi connectivity index (χ4n) is 1.18. The molecular weight excluding hydrogens is 270 g/mol. The number of amides is 2. The number of carboxylic acids is 1. The number of halogens is 1. The van der Waals surface area contributed by atoms with Crippen LogP contribution in [0.3, 0.4) is 0 Å². The largest absolute Gasteiger partial charge is 0.480 e. The van der Waals surface area contributed by atoms with Crippen molar-refractivity contribution in [3.8, 4) is 6.07 Å². The van der Waals surface area contributed by atoms with Crippen LogP contribution >= 0.6 is 11.6 Å². The van der Waals surface area contributed by atoms with Crippen LogP contribution in [0.15, 0.2) is 18.2 Å². The van der Waals surface area contributed by atoms with E-state index in [-0.39, 0.29) is 10.7 Å². The van der Waals surface area contributed by atoms with Gasteiger partial charge >= 0.3 is 12.0 Å². The number of carbonyl (C=O) groups excluding carboxylic acids is 1. The number of urea groups is 1. The second kappa shape index (κ2) is 5.59. The number of nitrogens with zero attached hydrogens (tertiary/aromatic N) is 1. The summed E-state index contributed by atoms with van der Waals surface area (Å²) in [6.07, 6.45) is 0. The summed E-state index contributed by atoms with van der Waals surface area (Å²) < 4.78 is 0. The predicted molar refractivity (Wildman–Crippen MR) is 70.0 cm³/mol. The van der Waals surface area contributed by atoms with Crippen molar-refractivity contribution in [1.82, 2.24) is 5.32 Å². The van der Waals surface area contributed by atoms with E-state index in [4.69, 9.17) is 22.0 Å². The maximum atomic E-state index is 11.7. The molecule has 7 heteroatoms. The molecule has 0 bridgehead atoms. The zero-order chi connectivity index (χ0) is 14.6. The quantitative estimate of drug-likeness (QED) is 0.790. The lowest BCUT2D eigenvalue weighted by molar-refractivity contribution is -0.142. The Labute approximate surface area is 115 Å². The summed E-state index contributed by atoms with van der Waals surface area (Å²) in [5.74, 6) is -1.17. The van der Waals surface area contributed by atoms with E-state index in [1.54, 1.807) is 0 Å². The van der Waals surface area contributed by atoms with Gasteiger partial charge in [-0.05, 0) is 32.0 Å². The van der Waals surface area contributed by atoms with Crippen molar-refractivity contribution in [2.45, 2.75) is 19.4 Å². The van der Waals surface area contributed by atoms with Gasteiger partial charge in [0.25, 0.3) is 0 Å². The predicted octanol–water partition coefficient (Wildman–Crippen LogP) is 2.20. The van der Waals surface area contributed by atoms with Gasteiger partial charge in [0.05, 0.1) is 22.3 Å². The molecule has 0 heterocycles. The van der Waals surface area contributed by atoms with Crippen LogP contribution in [0.4, 0.5) is 10.5 Å². The molecule has 6 nitrogen and oxygen atoms in total. The number of aliphatic carboxylic acids is 1. The van der Waals surface area contributed by atoms with Crippen molar-refractivity contribution >= 4 is 29.3 Å². The summed E-state index contributed by atoms with van der Waals surface area (Å²) in [6, 6.07) is 5.57. The molecule has 1 aromatic carbocycles. The van der Waals surface area contributed by atoms with Crippen LogP contribution < -0.4 is 10.6 Å². The highest BCUT2D eigenvalue weighted by Gasteiger charge is 2.29. The third-order valence-corrected chi connectivity index (χ3v) is 2.63. The van der Waals surface area contributed by atoms with E-state index < -0.39 is 17.5 Å². The molecule has 100 valence electrons. The number of hydrogen-bond acceptors (Lipinski definition) is 3. The van der Waals surface area contributed by atoms with Gasteiger partial charge in [-0.1, -0.05) is 11.6 Å². The lowest BCUT2D eigenvalue weighted by atomic mass is 10.1. The normalized spacial score (nSPS) is 10.4. The fourth-order valence-corrected chi connectivity index (χ4v) is 1.35. The van der Waals surface area contributed by atoms with Gasteiger partial charge in [0.2, 0.25) is 0 Å². The van der Waals surface area contributed by atoms with E-state index in [1.807, 2.05) is 6.07 Å². The van der Waals surface area contributed by atoms with Crippen LogP contribution in [0.25, 0.3) is 0 Å². The number of nitrogens with one attached hydrogen (secondary N) is 2. The first-order chi connectivity index (χ1) is 8.76. The Hall–Kier alpha value is -2.26. The van der Waals surface area contributed by atoms with Crippen LogP contribution in [0.1, 0.15) is 19.4 Å². The van der Waals surface area contributed by atoms with E-state index in [2.05, 4.69) is 10.6 Å². The molecule has 0 aliphatic carbocycles. The summed E-state index contributed by atoms with van der Waals surface area (Å²) in [5, 5.41) is 22.6. The molecular formula is C12H12ClN3O3. The van der Waals surface area contributed by atoms with Gasteiger partial charge in [0, 0.05) is 0 Å². The van der Waals surface area contributed by atoms with Crippen LogP contribution in [-0.4, -0.2) is 22.6 Å². The van der Waals surface area contributed by atoms with Gasteiger partial charge < -0.3 is 15.7 Å². The standard InChI is InChI=1S/C12H12ClN3O3/c1-12(2,10(17)18)16-11(19)15-9-5-7(6-14)3-4-8(9)13/h3-5H,1-2H3,(H,17,18)(H2,15,16,19). The first kappa shape index (κ1) is 14.8. The first-order valence-corrected chi connectivity index (χ1v) is 5.66. The summed E-state index contributed by atoms with van der Waals surface area (Å²) in [5.41, 5.74) is -0.847. The van der Waals surface area contributed by atoms with Crippen LogP contribution in [0.5, 0.6) is 0 Å². The Morgan fingerprint density at radius 1 is 1.42 bits per heavy atom. The third-order valence-electron chi connectivity index (χ3n) is 2.30. The number of anilines is 1. The van der Waals surface area contributed by atoms with Crippen molar-refractivity contribution in [1.29, 1.82) is 5.26 Å². The number of carbonyl (C=O) groups is 2. The van der Waals surface area contributed by atoms with Gasteiger partial charge in [-0.25, -0.2) is 9.59 Å². The number of nitriles is 1. The minimum atomic E-state index is -1.41. The number of rotatable bonds is 3. The van der Waals surface area contributed by atoms with Gasteiger partial charge in [-0.15, -0.1) is 0 Å². The SMILES string of the molecule is CC(C)(NC(=O)Nc1cc(C#N)ccc1Cl)C(=O)O. The van der Waals surface area contributed by atoms with E-state index >= 15 is 0 Å². The van der Waals surface area contributed by atoms with Crippen molar-refractivity contribution in [3.05, 3.63) is 28.8 Å². The van der Waals surface area contributed by atoms with E-state index in [0.717, 1.165) is 0 Å². The molecule has 0 saturated carbocycles. The van der Waals surface area contributed by atoms with Crippen molar-refractivity contribution in [3.63, 3.8) is 0 Å². The summed E-state index contributed by atoms with van der Waals surface area (Å²) in [7, 11) is 0. The molecule has 0 unspecified atom stereocenters. The monoisotopic (exact) mass is 281 g/mol. The van der Waals surface area contributed by atoms with E-state index in [1.165, 1.54) is 32.0 Å². The Morgan fingerprint density at radius 3 is 2.58 bits per heavy atom. The highest BCUT2D eigenvalue weighted by molar-refractivity contribution is 6.33. The molecule has 0 aliphatic heterocycles. The number of hydrogen-bond donors (Lipinski definition) is 3. The Balaban J connectivity index is 2.84. The molecule has 1 aromatic rings. The number of benzene rings is 1. The molecule has 0 aromatic heterocycles. The summed E-state index contributed by atoms with van der Waals surface area (Å²) >= 11 is 5.86. The Kier molecular flexibility index (Phi) is 4.35. The van der Waals surface area contributed by atoms with Gasteiger partial charge in [-0.3, -0.25) is 0 Å². The smallest absolute Gasteiger partial charge is 0.328 e. The minimum Gasteiger partial charge on any atom is -0.480 e. The van der Waals surface area contributed by atoms with Gasteiger partial charge in [-0.2, -0.15) is 5.26 Å². The van der Waals surface area contributed by atoms with Gasteiger partial charge in [0.15, 0.2) is 0 Å². The van der Waals surface area contributed by atoms with E-state index in [0.29, 0.717) is 5.56 Å². The maximum absolute atomic E-state index is 11.7. The first-order valence-electron chi connectivity index (χ1n) is 5.28. The van der Waals surface area contributed by atoms with Crippen molar-refractivity contribution in [2.24, 2.45) is 0 Å². The van der Waals surface area contributed by atoms with Crippen LogP contribution in [0, 0.1) is 11.3 Å². The van der Waals surface area contributed by atoms with E-state index in [9.17, 15) is 9.59 Å². The third kappa shape index (κ3) is 3.86. The zero-order valence-corrected chi connectivity index (χ0v) is 11.1.